The van der Waals surface area contributed by atoms with E-state index >= 15 is 0 Å². The molecule has 1 aromatic heterocycles. The Morgan fingerprint density at radius 1 is 1.06 bits per heavy atom. The number of carbonyl (C=O) groups is 2. The molecule has 0 radical (unpaired) electrons. The van der Waals surface area contributed by atoms with Crippen LogP contribution in [-0.4, -0.2) is 23.3 Å². The monoisotopic (exact) mass is 445 g/mol. The van der Waals surface area contributed by atoms with Gasteiger partial charge in [-0.25, -0.2) is 4.98 Å². The van der Waals surface area contributed by atoms with Crippen LogP contribution in [0.4, 0.5) is 11.5 Å². The topological polar surface area (TPSA) is 62.3 Å². The summed E-state index contributed by atoms with van der Waals surface area (Å²) < 4.78 is 0. The molecule has 0 saturated heterocycles. The molecular weight excluding hydrogens is 422 g/mol. The van der Waals surface area contributed by atoms with E-state index in [1.807, 2.05) is 48.2 Å². The lowest BCUT2D eigenvalue weighted by Crippen LogP contribution is -2.32. The lowest BCUT2D eigenvalue weighted by atomic mass is 9.91. The van der Waals surface area contributed by atoms with Crippen LogP contribution in [0.3, 0.4) is 0 Å². The number of amides is 2. The maximum atomic E-state index is 13.4. The Morgan fingerprint density at radius 3 is 2.59 bits per heavy atom. The number of halogens is 1. The first-order chi connectivity index (χ1) is 15.5. The number of nitrogens with one attached hydrogen (secondary N) is 1. The standard InChI is InChI=1S/C26H24ClN3O2/c1-17-5-2-3-6-20(17)24(31)29-23-10-7-18(16-28-23)25(32)30-14-4-11-26(12-13-26)21-15-19(27)8-9-22(21)30/h2-3,5-10,15-16H,4,11-14H2,1H3,(H,28,29,31). The number of aryl methyl sites for hydroxylation is 1. The van der Waals surface area contributed by atoms with Gasteiger partial charge in [0.1, 0.15) is 5.82 Å². The van der Waals surface area contributed by atoms with Crippen LogP contribution in [0.1, 0.15) is 57.5 Å². The largest absolute Gasteiger partial charge is 0.308 e. The predicted octanol–water partition coefficient (Wildman–Crippen LogP) is 5.77. The van der Waals surface area contributed by atoms with Crippen LogP contribution < -0.4 is 10.2 Å². The number of anilines is 2. The Balaban J connectivity index is 1.37. The predicted molar refractivity (Wildman–Crippen MR) is 127 cm³/mol. The highest BCUT2D eigenvalue weighted by Crippen LogP contribution is 2.56. The summed E-state index contributed by atoms with van der Waals surface area (Å²) in [6.45, 7) is 2.56. The van der Waals surface area contributed by atoms with Gasteiger partial charge in [-0.05, 0) is 85.5 Å². The van der Waals surface area contributed by atoms with Gasteiger partial charge in [0.05, 0.1) is 5.56 Å². The molecule has 1 N–H and O–H groups in total. The second-order valence-corrected chi connectivity index (χ2v) is 9.14. The normalized spacial score (nSPS) is 16.2. The van der Waals surface area contributed by atoms with Crippen molar-refractivity contribution < 1.29 is 9.59 Å². The highest BCUT2D eigenvalue weighted by molar-refractivity contribution is 6.30. The van der Waals surface area contributed by atoms with Crippen molar-refractivity contribution in [1.82, 2.24) is 4.98 Å². The number of hydrogen-bond donors (Lipinski definition) is 1. The summed E-state index contributed by atoms with van der Waals surface area (Å²) in [4.78, 5) is 32.1. The lowest BCUT2D eigenvalue weighted by molar-refractivity contribution is 0.0985. The Kier molecular flexibility index (Phi) is 5.22. The SMILES string of the molecule is Cc1ccccc1C(=O)Nc1ccc(C(=O)N2CCCC3(CC3)c3cc(Cl)ccc32)cn1. The summed E-state index contributed by atoms with van der Waals surface area (Å²) in [5, 5.41) is 3.51. The molecule has 2 heterocycles. The minimum atomic E-state index is -0.220. The second kappa shape index (κ2) is 8.06. The van der Waals surface area contributed by atoms with Gasteiger partial charge >= 0.3 is 0 Å². The molecule has 1 fully saturated rings. The van der Waals surface area contributed by atoms with Gasteiger partial charge in [-0.1, -0.05) is 29.8 Å². The van der Waals surface area contributed by atoms with Gasteiger partial charge < -0.3 is 10.2 Å². The summed E-state index contributed by atoms with van der Waals surface area (Å²) in [5.41, 5.74) is 4.30. The maximum Gasteiger partial charge on any atom is 0.259 e. The van der Waals surface area contributed by atoms with Crippen molar-refractivity contribution in [2.45, 2.75) is 38.0 Å². The zero-order valence-electron chi connectivity index (χ0n) is 17.9. The van der Waals surface area contributed by atoms with Crippen molar-refractivity contribution in [1.29, 1.82) is 0 Å². The third-order valence-corrected chi connectivity index (χ3v) is 6.83. The minimum Gasteiger partial charge on any atom is -0.308 e. The molecule has 1 aliphatic carbocycles. The summed E-state index contributed by atoms with van der Waals surface area (Å²) in [6, 6.07) is 16.6. The number of nitrogens with zero attached hydrogens (tertiary/aromatic N) is 2. The third kappa shape index (κ3) is 3.78. The van der Waals surface area contributed by atoms with E-state index in [-0.39, 0.29) is 17.2 Å². The van der Waals surface area contributed by atoms with E-state index in [0.29, 0.717) is 28.5 Å². The number of hydrogen-bond acceptors (Lipinski definition) is 3. The average molecular weight is 446 g/mol. The average Bonchev–Trinajstić information content (AvgIpc) is 3.60. The fourth-order valence-electron chi connectivity index (χ4n) is 4.64. The zero-order valence-corrected chi connectivity index (χ0v) is 18.7. The number of benzene rings is 2. The van der Waals surface area contributed by atoms with Crippen molar-refractivity contribution in [3.63, 3.8) is 0 Å². The van der Waals surface area contributed by atoms with Crippen molar-refractivity contribution in [2.75, 3.05) is 16.8 Å². The maximum absolute atomic E-state index is 13.4. The van der Waals surface area contributed by atoms with Gasteiger partial charge in [0.2, 0.25) is 0 Å². The minimum absolute atomic E-state index is 0.0875. The number of pyridine rings is 1. The Bertz CT molecular complexity index is 1200. The Labute approximate surface area is 192 Å². The molecule has 2 amide bonds. The molecule has 32 heavy (non-hydrogen) atoms. The highest BCUT2D eigenvalue weighted by Gasteiger charge is 2.47. The fourth-order valence-corrected chi connectivity index (χ4v) is 4.81. The van der Waals surface area contributed by atoms with Crippen LogP contribution in [0.25, 0.3) is 0 Å². The first-order valence-electron chi connectivity index (χ1n) is 10.9. The molecule has 2 aromatic carbocycles. The summed E-state index contributed by atoms with van der Waals surface area (Å²) in [6.07, 6.45) is 5.86. The van der Waals surface area contributed by atoms with E-state index in [1.54, 1.807) is 18.2 Å². The molecule has 5 nitrogen and oxygen atoms in total. The van der Waals surface area contributed by atoms with E-state index in [0.717, 1.165) is 36.9 Å². The van der Waals surface area contributed by atoms with Gasteiger partial charge in [0.15, 0.2) is 0 Å². The third-order valence-electron chi connectivity index (χ3n) is 6.60. The molecule has 3 aromatic rings. The molecule has 162 valence electrons. The first-order valence-corrected chi connectivity index (χ1v) is 11.3. The first kappa shape index (κ1) is 20.7. The molecular formula is C26H24ClN3O2. The van der Waals surface area contributed by atoms with Crippen molar-refractivity contribution in [3.8, 4) is 0 Å². The molecule has 0 bridgehead atoms. The van der Waals surface area contributed by atoms with E-state index in [2.05, 4.69) is 10.3 Å². The van der Waals surface area contributed by atoms with Gasteiger partial charge in [-0.3, -0.25) is 9.59 Å². The lowest BCUT2D eigenvalue weighted by Gasteiger charge is -2.24. The zero-order chi connectivity index (χ0) is 22.3. The second-order valence-electron chi connectivity index (χ2n) is 8.70. The molecule has 1 spiro atoms. The summed E-state index contributed by atoms with van der Waals surface area (Å²) in [5.74, 6) is 0.105. The molecule has 0 unspecified atom stereocenters. The van der Waals surface area contributed by atoms with Crippen molar-refractivity contribution in [2.24, 2.45) is 0 Å². The van der Waals surface area contributed by atoms with Gasteiger partial charge in [-0.15, -0.1) is 0 Å². The van der Waals surface area contributed by atoms with Crippen LogP contribution in [0, 0.1) is 6.92 Å². The van der Waals surface area contributed by atoms with Gasteiger partial charge in [0, 0.05) is 29.0 Å². The van der Waals surface area contributed by atoms with E-state index in [9.17, 15) is 9.59 Å². The van der Waals surface area contributed by atoms with Crippen LogP contribution in [0.2, 0.25) is 5.02 Å². The van der Waals surface area contributed by atoms with E-state index in [4.69, 9.17) is 11.6 Å². The Morgan fingerprint density at radius 2 is 1.88 bits per heavy atom. The highest BCUT2D eigenvalue weighted by atomic mass is 35.5. The number of carbonyl (C=O) groups excluding carboxylic acids is 2. The van der Waals surface area contributed by atoms with Crippen molar-refractivity contribution >= 4 is 34.9 Å². The molecule has 0 atom stereocenters. The van der Waals surface area contributed by atoms with Crippen LogP contribution >= 0.6 is 11.6 Å². The molecule has 2 aliphatic rings. The number of fused-ring (bicyclic) bond motifs is 2. The molecule has 5 rings (SSSR count). The molecule has 1 saturated carbocycles. The molecule has 6 heteroatoms. The number of aromatic nitrogens is 1. The Hall–Kier alpha value is -3.18. The van der Waals surface area contributed by atoms with Crippen LogP contribution in [0.5, 0.6) is 0 Å². The van der Waals surface area contributed by atoms with Gasteiger partial charge in [0.25, 0.3) is 11.8 Å². The molecule has 1 aliphatic heterocycles. The summed E-state index contributed by atoms with van der Waals surface area (Å²) >= 11 is 6.29. The van der Waals surface area contributed by atoms with Gasteiger partial charge in [-0.2, -0.15) is 0 Å². The quantitative estimate of drug-likeness (QED) is 0.556. The van der Waals surface area contributed by atoms with Crippen LogP contribution in [-0.2, 0) is 5.41 Å². The number of rotatable bonds is 3. The van der Waals surface area contributed by atoms with Crippen molar-refractivity contribution in [3.05, 3.63) is 88.1 Å². The van der Waals surface area contributed by atoms with E-state index < -0.39 is 0 Å². The van der Waals surface area contributed by atoms with Crippen LogP contribution in [0.15, 0.2) is 60.8 Å². The smallest absolute Gasteiger partial charge is 0.259 e. The van der Waals surface area contributed by atoms with E-state index in [1.165, 1.54) is 11.8 Å². The fraction of sp³-hybridized carbons (Fsp3) is 0.269. The summed E-state index contributed by atoms with van der Waals surface area (Å²) in [7, 11) is 0.